The summed E-state index contributed by atoms with van der Waals surface area (Å²) in [5.74, 6) is -0.325. The molecule has 0 radical (unpaired) electrons. The normalized spacial score (nSPS) is 16.5. The zero-order valence-corrected chi connectivity index (χ0v) is 7.59. The highest BCUT2D eigenvalue weighted by atomic mass is 16.4. The van der Waals surface area contributed by atoms with Gasteiger partial charge in [-0.05, 0) is 19.8 Å². The molecule has 0 rings (SSSR count). The number of carboxylic acids is 1. The number of aliphatic carboxylic acids is 1. The number of carbonyl (C=O) groups is 1. The molecule has 0 amide bonds. The zero-order chi connectivity index (χ0) is 9.02. The van der Waals surface area contributed by atoms with Gasteiger partial charge in [0.25, 0.3) is 0 Å². The van der Waals surface area contributed by atoms with Crippen molar-refractivity contribution in [2.45, 2.75) is 39.8 Å². The minimum Gasteiger partial charge on any atom is -0.480 e. The lowest BCUT2D eigenvalue weighted by Gasteiger charge is -2.19. The largest absolute Gasteiger partial charge is 0.480 e. The van der Waals surface area contributed by atoms with Crippen LogP contribution in [0, 0.1) is 5.92 Å². The zero-order valence-electron chi connectivity index (χ0n) is 7.59. The summed E-state index contributed by atoms with van der Waals surface area (Å²) in [6.07, 6.45) is 0. The predicted molar refractivity (Wildman–Crippen MR) is 44.5 cm³/mol. The fourth-order valence-corrected chi connectivity index (χ4v) is 0.658. The summed E-state index contributed by atoms with van der Waals surface area (Å²) in [5, 5.41) is 11.5. The van der Waals surface area contributed by atoms with Gasteiger partial charge in [-0.15, -0.1) is 0 Å². The highest BCUT2D eigenvalue weighted by Gasteiger charge is 2.15. The summed E-state index contributed by atoms with van der Waals surface area (Å²) in [4.78, 5) is 10.4. The van der Waals surface area contributed by atoms with Crippen molar-refractivity contribution in [1.29, 1.82) is 0 Å². The molecule has 2 N–H and O–H groups in total. The molecule has 0 unspecified atom stereocenters. The second kappa shape index (κ2) is 4.34. The van der Waals surface area contributed by atoms with Gasteiger partial charge in [0.15, 0.2) is 0 Å². The first-order chi connectivity index (χ1) is 4.95. The van der Waals surface area contributed by atoms with Gasteiger partial charge in [-0.2, -0.15) is 0 Å². The lowest BCUT2D eigenvalue weighted by molar-refractivity contribution is -0.139. The molecular formula is C8H17NO2. The highest BCUT2D eigenvalue weighted by molar-refractivity contribution is 5.72. The van der Waals surface area contributed by atoms with Gasteiger partial charge in [0.1, 0.15) is 6.04 Å². The van der Waals surface area contributed by atoms with Gasteiger partial charge in [-0.1, -0.05) is 13.8 Å². The molecule has 3 nitrogen and oxygen atoms in total. The van der Waals surface area contributed by atoms with E-state index < -0.39 is 12.0 Å². The first-order valence-corrected chi connectivity index (χ1v) is 3.94. The molecule has 0 saturated carbocycles. The van der Waals surface area contributed by atoms with Crippen LogP contribution in [0.2, 0.25) is 0 Å². The quantitative estimate of drug-likeness (QED) is 0.645. The molecule has 0 aromatic heterocycles. The van der Waals surface area contributed by atoms with Gasteiger partial charge >= 0.3 is 5.97 Å². The molecule has 0 aromatic rings. The number of rotatable bonds is 4. The van der Waals surface area contributed by atoms with Crippen molar-refractivity contribution in [3.05, 3.63) is 0 Å². The van der Waals surface area contributed by atoms with E-state index in [1.54, 1.807) is 6.92 Å². The molecule has 0 saturated heterocycles. The van der Waals surface area contributed by atoms with E-state index in [2.05, 4.69) is 19.2 Å². The number of hydrogen-bond acceptors (Lipinski definition) is 2. The second-order valence-corrected chi connectivity index (χ2v) is 3.26. The summed E-state index contributed by atoms with van der Waals surface area (Å²) in [7, 11) is 0. The standard InChI is InChI=1S/C8H17NO2/c1-5(2)6(3)9-7(4)8(10)11/h5-7,9H,1-4H3,(H,10,11)/t6-,7-/m1/s1. The van der Waals surface area contributed by atoms with Gasteiger partial charge < -0.3 is 10.4 Å². The summed E-state index contributed by atoms with van der Waals surface area (Å²) < 4.78 is 0. The number of carboxylic acid groups (broad SMARTS) is 1. The van der Waals surface area contributed by atoms with Gasteiger partial charge in [0.05, 0.1) is 0 Å². The summed E-state index contributed by atoms with van der Waals surface area (Å²) in [6.45, 7) is 7.77. The van der Waals surface area contributed by atoms with Gasteiger partial charge in [-0.3, -0.25) is 4.79 Å². The number of hydrogen-bond donors (Lipinski definition) is 2. The fraction of sp³-hybridized carbons (Fsp3) is 0.875. The maximum Gasteiger partial charge on any atom is 0.320 e. The lowest BCUT2D eigenvalue weighted by atomic mass is 10.1. The summed E-state index contributed by atoms with van der Waals surface area (Å²) >= 11 is 0. The van der Waals surface area contributed by atoms with E-state index in [-0.39, 0.29) is 6.04 Å². The van der Waals surface area contributed by atoms with Crippen LogP contribution < -0.4 is 5.32 Å². The third-order valence-electron chi connectivity index (χ3n) is 1.88. The van der Waals surface area contributed by atoms with Crippen LogP contribution in [-0.2, 0) is 4.79 Å². The Labute approximate surface area is 67.8 Å². The van der Waals surface area contributed by atoms with Crippen molar-refractivity contribution < 1.29 is 9.90 Å². The van der Waals surface area contributed by atoms with Crippen LogP contribution in [0.4, 0.5) is 0 Å². The van der Waals surface area contributed by atoms with Gasteiger partial charge in [0.2, 0.25) is 0 Å². The highest BCUT2D eigenvalue weighted by Crippen LogP contribution is 2.00. The molecule has 0 fully saturated rings. The first kappa shape index (κ1) is 10.4. The molecule has 0 heterocycles. The van der Waals surface area contributed by atoms with Crippen LogP contribution in [0.15, 0.2) is 0 Å². The van der Waals surface area contributed by atoms with Gasteiger partial charge in [0, 0.05) is 6.04 Å². The maximum atomic E-state index is 10.4. The van der Waals surface area contributed by atoms with Gasteiger partial charge in [-0.25, -0.2) is 0 Å². The van der Waals surface area contributed by atoms with Crippen LogP contribution in [-0.4, -0.2) is 23.2 Å². The molecule has 0 spiro atoms. The Morgan fingerprint density at radius 3 is 2.00 bits per heavy atom. The average molecular weight is 159 g/mol. The Hall–Kier alpha value is -0.570. The predicted octanol–water partition coefficient (Wildman–Crippen LogP) is 1.09. The summed E-state index contributed by atoms with van der Waals surface area (Å²) in [6, 6.07) is -0.200. The molecule has 2 atom stereocenters. The van der Waals surface area contributed by atoms with Crippen molar-refractivity contribution in [1.82, 2.24) is 5.32 Å². The molecule has 0 aliphatic rings. The SMILES string of the molecule is CC(C)[C@@H](C)N[C@H](C)C(=O)O. The van der Waals surface area contributed by atoms with Crippen LogP contribution in [0.1, 0.15) is 27.7 Å². The van der Waals surface area contributed by atoms with Crippen molar-refractivity contribution in [3.63, 3.8) is 0 Å². The lowest BCUT2D eigenvalue weighted by Crippen LogP contribution is -2.42. The van der Waals surface area contributed by atoms with E-state index in [1.807, 2.05) is 6.92 Å². The molecule has 66 valence electrons. The Bertz CT molecular complexity index is 134. The minimum atomic E-state index is -0.794. The monoisotopic (exact) mass is 159 g/mol. The van der Waals surface area contributed by atoms with Crippen molar-refractivity contribution in [2.24, 2.45) is 5.92 Å². The number of nitrogens with one attached hydrogen (secondary N) is 1. The molecule has 0 aromatic carbocycles. The van der Waals surface area contributed by atoms with Crippen molar-refractivity contribution in [2.75, 3.05) is 0 Å². The Morgan fingerprint density at radius 2 is 1.73 bits per heavy atom. The van der Waals surface area contributed by atoms with Crippen LogP contribution in [0.5, 0.6) is 0 Å². The van der Waals surface area contributed by atoms with E-state index >= 15 is 0 Å². The smallest absolute Gasteiger partial charge is 0.320 e. The van der Waals surface area contributed by atoms with Crippen LogP contribution >= 0.6 is 0 Å². The van der Waals surface area contributed by atoms with E-state index in [9.17, 15) is 4.79 Å². The molecule has 11 heavy (non-hydrogen) atoms. The maximum absolute atomic E-state index is 10.4. The molecule has 0 aliphatic heterocycles. The molecular weight excluding hydrogens is 142 g/mol. The molecule has 0 aliphatic carbocycles. The minimum absolute atomic E-state index is 0.251. The Balaban J connectivity index is 3.75. The fourth-order valence-electron chi connectivity index (χ4n) is 0.658. The van der Waals surface area contributed by atoms with Crippen molar-refractivity contribution >= 4 is 5.97 Å². The summed E-state index contributed by atoms with van der Waals surface area (Å²) in [5.41, 5.74) is 0. The molecule has 0 bridgehead atoms. The van der Waals surface area contributed by atoms with E-state index in [4.69, 9.17) is 5.11 Å². The van der Waals surface area contributed by atoms with Crippen molar-refractivity contribution in [3.8, 4) is 0 Å². The van der Waals surface area contributed by atoms with Crippen LogP contribution in [0.25, 0.3) is 0 Å². The topological polar surface area (TPSA) is 49.3 Å². The first-order valence-electron chi connectivity index (χ1n) is 3.94. The average Bonchev–Trinajstić information content (AvgIpc) is 1.87. The van der Waals surface area contributed by atoms with E-state index in [0.29, 0.717) is 5.92 Å². The third-order valence-corrected chi connectivity index (χ3v) is 1.88. The van der Waals surface area contributed by atoms with E-state index in [1.165, 1.54) is 0 Å². The molecule has 3 heteroatoms. The van der Waals surface area contributed by atoms with E-state index in [0.717, 1.165) is 0 Å². The van der Waals surface area contributed by atoms with Crippen LogP contribution in [0.3, 0.4) is 0 Å². The Morgan fingerprint density at radius 1 is 1.27 bits per heavy atom. The Kier molecular flexibility index (Phi) is 4.11. The third kappa shape index (κ3) is 3.98. The second-order valence-electron chi connectivity index (χ2n) is 3.26.